The molecule has 0 radical (unpaired) electrons. The van der Waals surface area contributed by atoms with Gasteiger partial charge in [0.1, 0.15) is 4.75 Å². The van der Waals surface area contributed by atoms with E-state index in [9.17, 15) is 9.59 Å². The Balaban J connectivity index is 4.58. The molecule has 0 bridgehead atoms. The highest BCUT2D eigenvalue weighted by Crippen LogP contribution is 2.30. The molecule has 1 unspecified atom stereocenters. The zero-order chi connectivity index (χ0) is 12.1. The molecule has 0 saturated carbocycles. The molecule has 2 N–H and O–H groups in total. The number of ether oxygens (including phenoxy) is 1. The van der Waals surface area contributed by atoms with Crippen LogP contribution in [0.5, 0.6) is 0 Å². The Morgan fingerprint density at radius 3 is 2.33 bits per heavy atom. The molecule has 5 nitrogen and oxygen atoms in total. The van der Waals surface area contributed by atoms with Gasteiger partial charge in [-0.1, -0.05) is 11.8 Å². The Morgan fingerprint density at radius 2 is 2.00 bits per heavy atom. The highest BCUT2D eigenvalue weighted by molar-refractivity contribution is 8.23. The number of aliphatic carboxylic acids is 2. The van der Waals surface area contributed by atoms with Crippen LogP contribution in [0.1, 0.15) is 20.3 Å². The summed E-state index contributed by atoms with van der Waals surface area (Å²) < 4.78 is 3.46. The number of hydrogen-bond donors (Lipinski definition) is 2. The topological polar surface area (TPSA) is 83.8 Å². The molecular formula is C8H12O5S2. The van der Waals surface area contributed by atoms with E-state index < -0.39 is 23.1 Å². The molecule has 0 aliphatic rings. The van der Waals surface area contributed by atoms with Gasteiger partial charge in [0.15, 0.2) is 0 Å². The molecule has 0 aromatic heterocycles. The van der Waals surface area contributed by atoms with E-state index in [1.807, 2.05) is 0 Å². The maximum absolute atomic E-state index is 10.9. The predicted octanol–water partition coefficient (Wildman–Crippen LogP) is 1.36. The summed E-state index contributed by atoms with van der Waals surface area (Å²) in [5.41, 5.74) is 0. The normalized spacial score (nSPS) is 14.0. The van der Waals surface area contributed by atoms with Crippen LogP contribution in [0.25, 0.3) is 0 Å². The van der Waals surface area contributed by atoms with E-state index >= 15 is 0 Å². The summed E-state index contributed by atoms with van der Waals surface area (Å²) in [4.78, 5) is 21.4. The standard InChI is InChI=1S/C8H12O5S2/c1-3-13-7(14)15-8(2,6(11)12)4-5(9)10/h3-4H2,1-2H3,(H,9,10)(H,11,12). The van der Waals surface area contributed by atoms with Crippen molar-refractivity contribution in [2.75, 3.05) is 6.61 Å². The highest BCUT2D eigenvalue weighted by atomic mass is 32.2. The Hall–Kier alpha value is -0.820. The maximum Gasteiger partial charge on any atom is 0.320 e. The fourth-order valence-corrected chi connectivity index (χ4v) is 2.27. The summed E-state index contributed by atoms with van der Waals surface area (Å²) in [6.07, 6.45) is -0.514. The van der Waals surface area contributed by atoms with Crippen LogP contribution in [0, 0.1) is 0 Å². The van der Waals surface area contributed by atoms with Gasteiger partial charge in [-0.25, -0.2) is 0 Å². The highest BCUT2D eigenvalue weighted by Gasteiger charge is 2.38. The van der Waals surface area contributed by atoms with Crippen LogP contribution in [-0.2, 0) is 14.3 Å². The third-order valence-corrected chi connectivity index (χ3v) is 2.93. The van der Waals surface area contributed by atoms with Crippen molar-refractivity contribution in [3.63, 3.8) is 0 Å². The molecule has 0 rings (SSSR count). The minimum absolute atomic E-state index is 0.0450. The lowest BCUT2D eigenvalue weighted by molar-refractivity contribution is -0.145. The van der Waals surface area contributed by atoms with Gasteiger partial charge >= 0.3 is 11.9 Å². The van der Waals surface area contributed by atoms with Crippen molar-refractivity contribution in [3.8, 4) is 0 Å². The summed E-state index contributed by atoms with van der Waals surface area (Å²) in [5, 5.41) is 17.5. The van der Waals surface area contributed by atoms with E-state index in [4.69, 9.17) is 27.2 Å². The van der Waals surface area contributed by atoms with E-state index in [1.165, 1.54) is 6.92 Å². The third kappa shape index (κ3) is 4.98. The number of carboxylic acid groups (broad SMARTS) is 2. The summed E-state index contributed by atoms with van der Waals surface area (Å²) in [6, 6.07) is 0. The minimum atomic E-state index is -1.49. The van der Waals surface area contributed by atoms with Gasteiger partial charge in [-0.15, -0.1) is 0 Å². The van der Waals surface area contributed by atoms with E-state index in [-0.39, 0.29) is 4.38 Å². The first-order valence-electron chi connectivity index (χ1n) is 4.12. The largest absolute Gasteiger partial charge is 0.481 e. The lowest BCUT2D eigenvalue weighted by Crippen LogP contribution is -2.35. The number of carbonyl (C=O) groups is 2. The van der Waals surface area contributed by atoms with Gasteiger partial charge < -0.3 is 14.9 Å². The second kappa shape index (κ2) is 5.92. The first-order valence-corrected chi connectivity index (χ1v) is 5.35. The minimum Gasteiger partial charge on any atom is -0.481 e. The van der Waals surface area contributed by atoms with Crippen LogP contribution in [-0.4, -0.2) is 37.9 Å². The van der Waals surface area contributed by atoms with E-state index in [1.54, 1.807) is 6.92 Å². The fourth-order valence-electron chi connectivity index (χ4n) is 0.775. The zero-order valence-electron chi connectivity index (χ0n) is 8.35. The summed E-state index contributed by atoms with van der Waals surface area (Å²) in [5.74, 6) is -2.41. The van der Waals surface area contributed by atoms with E-state index in [0.29, 0.717) is 6.61 Å². The first kappa shape index (κ1) is 14.2. The quantitative estimate of drug-likeness (QED) is 0.715. The van der Waals surface area contributed by atoms with E-state index in [0.717, 1.165) is 11.8 Å². The Morgan fingerprint density at radius 1 is 1.47 bits per heavy atom. The average molecular weight is 252 g/mol. The second-order valence-electron chi connectivity index (χ2n) is 2.89. The number of thiocarbonyl (C=S) groups is 1. The zero-order valence-corrected chi connectivity index (χ0v) is 9.98. The molecule has 7 heteroatoms. The molecule has 1 atom stereocenters. The van der Waals surface area contributed by atoms with Crippen molar-refractivity contribution in [1.29, 1.82) is 0 Å². The van der Waals surface area contributed by atoms with Crippen LogP contribution < -0.4 is 0 Å². The van der Waals surface area contributed by atoms with E-state index in [2.05, 4.69) is 0 Å². The van der Waals surface area contributed by atoms with Crippen LogP contribution in [0.2, 0.25) is 0 Å². The summed E-state index contributed by atoms with van der Waals surface area (Å²) in [6.45, 7) is 3.34. The van der Waals surface area contributed by atoms with Crippen LogP contribution in [0.4, 0.5) is 0 Å². The Kier molecular flexibility index (Phi) is 5.59. The molecule has 0 heterocycles. The van der Waals surface area contributed by atoms with Gasteiger partial charge in [-0.2, -0.15) is 0 Å². The molecule has 0 saturated heterocycles. The number of rotatable bonds is 5. The number of thioether (sulfide) groups is 1. The van der Waals surface area contributed by atoms with Crippen molar-refractivity contribution in [2.24, 2.45) is 0 Å². The van der Waals surface area contributed by atoms with Crippen molar-refractivity contribution >= 4 is 40.3 Å². The van der Waals surface area contributed by atoms with Crippen LogP contribution in [0.3, 0.4) is 0 Å². The van der Waals surface area contributed by atoms with Crippen LogP contribution >= 0.6 is 24.0 Å². The molecule has 0 aliphatic heterocycles. The van der Waals surface area contributed by atoms with Crippen molar-refractivity contribution in [3.05, 3.63) is 0 Å². The number of hydrogen-bond acceptors (Lipinski definition) is 5. The second-order valence-corrected chi connectivity index (χ2v) is 5.00. The van der Waals surface area contributed by atoms with Gasteiger partial charge in [0, 0.05) is 0 Å². The smallest absolute Gasteiger partial charge is 0.320 e. The molecule has 0 aromatic rings. The third-order valence-electron chi connectivity index (χ3n) is 1.51. The van der Waals surface area contributed by atoms with Gasteiger partial charge in [0.05, 0.1) is 13.0 Å². The molecule has 0 aliphatic carbocycles. The average Bonchev–Trinajstić information content (AvgIpc) is 2.01. The molecule has 0 spiro atoms. The van der Waals surface area contributed by atoms with Gasteiger partial charge in [-0.05, 0) is 26.1 Å². The van der Waals surface area contributed by atoms with Crippen molar-refractivity contribution in [1.82, 2.24) is 0 Å². The van der Waals surface area contributed by atoms with Crippen molar-refractivity contribution in [2.45, 2.75) is 25.0 Å². The molecular weight excluding hydrogens is 240 g/mol. The predicted molar refractivity (Wildman–Crippen MR) is 60.1 cm³/mol. The molecule has 0 amide bonds. The first-order chi connectivity index (χ1) is 6.81. The molecule has 15 heavy (non-hydrogen) atoms. The lowest BCUT2D eigenvalue weighted by atomic mass is 10.1. The lowest BCUT2D eigenvalue weighted by Gasteiger charge is -2.21. The SMILES string of the molecule is CCOC(=S)SC(C)(CC(=O)O)C(=O)O. The number of carboxylic acids is 2. The Bertz CT molecular complexity index is 278. The summed E-state index contributed by atoms with van der Waals surface area (Å²) in [7, 11) is 0. The van der Waals surface area contributed by atoms with Crippen molar-refractivity contribution < 1.29 is 24.5 Å². The van der Waals surface area contributed by atoms with Gasteiger partial charge in [0.2, 0.25) is 4.38 Å². The van der Waals surface area contributed by atoms with Crippen LogP contribution in [0.15, 0.2) is 0 Å². The molecule has 86 valence electrons. The maximum atomic E-state index is 10.9. The monoisotopic (exact) mass is 252 g/mol. The van der Waals surface area contributed by atoms with Gasteiger partial charge in [-0.3, -0.25) is 9.59 Å². The van der Waals surface area contributed by atoms with Gasteiger partial charge in [0.25, 0.3) is 0 Å². The summed E-state index contributed by atoms with van der Waals surface area (Å²) >= 11 is 5.49. The fraction of sp³-hybridized carbons (Fsp3) is 0.625. The Labute approximate surface area is 96.8 Å². The molecule has 0 fully saturated rings. The molecule has 0 aromatic carbocycles.